The van der Waals surface area contributed by atoms with Crippen LogP contribution in [0.3, 0.4) is 0 Å². The van der Waals surface area contributed by atoms with Crippen molar-refractivity contribution in [2.75, 3.05) is 52.7 Å². The lowest BCUT2D eigenvalue weighted by Crippen LogP contribution is -2.51. The standard InChI is InChI=1S/C46H56N10O19S2/c47-45(48)53-33-9-5-31(6-10-33)43(65)74-35-13-1-29(2-14-35)27-51-76(67,68)55(37(41(61)62)25-39(57)58)17-19-71-21-23-73-24-22-72-20-18-56(38(42(63)64)26-40(59)60)77(69,70)52-28-30-3-15-36(16-4-30)75-44(66)32-7-11-34(12-8-32)54-46(49)50/h1-16,37-38,51-52H,17-28H2,(H,57,58)(H,59,60)(H,61,62)(H,63,64)(H4,47,48,53)(H4,49,50,54)/t37-,38-/m0/s1. The number of carboxylic acid groups (broad SMARTS) is 4. The third-order valence-electron chi connectivity index (χ3n) is 10.2. The molecule has 4 rings (SSSR count). The zero-order valence-corrected chi connectivity index (χ0v) is 42.3. The number of carboxylic acids is 4. The molecule has 0 saturated carbocycles. The van der Waals surface area contributed by atoms with Crippen molar-refractivity contribution < 1.29 is 89.7 Å². The van der Waals surface area contributed by atoms with Gasteiger partial charge < -0.3 is 67.0 Å². The molecular formula is C46H56N10O19S2. The molecule has 0 saturated heterocycles. The van der Waals surface area contributed by atoms with Gasteiger partial charge in [-0.1, -0.05) is 24.3 Å². The molecule has 2 atom stereocenters. The molecule has 77 heavy (non-hydrogen) atoms. The molecule has 416 valence electrons. The van der Waals surface area contributed by atoms with E-state index in [1.165, 1.54) is 97.1 Å². The van der Waals surface area contributed by atoms with Crippen LogP contribution in [0, 0.1) is 0 Å². The fraction of sp³-hybridized carbons (Fsp3) is 0.304. The van der Waals surface area contributed by atoms with E-state index in [0.717, 1.165) is 0 Å². The third kappa shape index (κ3) is 21.2. The van der Waals surface area contributed by atoms with Crippen LogP contribution < -0.4 is 41.9 Å². The van der Waals surface area contributed by atoms with Gasteiger partial charge in [0.2, 0.25) is 0 Å². The zero-order chi connectivity index (χ0) is 56.7. The van der Waals surface area contributed by atoms with Crippen molar-refractivity contribution in [2.24, 2.45) is 32.9 Å². The van der Waals surface area contributed by atoms with E-state index >= 15 is 0 Å². The quantitative estimate of drug-likeness (QED) is 0.00953. The number of benzene rings is 4. The molecule has 0 spiro atoms. The van der Waals surface area contributed by atoms with Gasteiger partial charge in [-0.05, 0) is 83.9 Å². The molecule has 0 aliphatic carbocycles. The second-order valence-electron chi connectivity index (χ2n) is 15.8. The largest absolute Gasteiger partial charge is 0.481 e. The number of guanidine groups is 2. The summed E-state index contributed by atoms with van der Waals surface area (Å²) in [5.41, 5.74) is 23.3. The number of aliphatic carboxylic acids is 4. The summed E-state index contributed by atoms with van der Waals surface area (Å²) in [6.45, 7) is -3.40. The van der Waals surface area contributed by atoms with Gasteiger partial charge in [-0.15, -0.1) is 0 Å². The van der Waals surface area contributed by atoms with Crippen molar-refractivity contribution in [3.63, 3.8) is 0 Å². The maximum Gasteiger partial charge on any atom is 0.343 e. The Morgan fingerprint density at radius 2 is 0.792 bits per heavy atom. The predicted molar refractivity (Wildman–Crippen MR) is 271 cm³/mol. The highest BCUT2D eigenvalue weighted by molar-refractivity contribution is 7.87. The Morgan fingerprint density at radius 3 is 1.08 bits per heavy atom. The van der Waals surface area contributed by atoms with E-state index in [9.17, 15) is 66.0 Å². The van der Waals surface area contributed by atoms with E-state index in [4.69, 9.17) is 46.6 Å². The van der Waals surface area contributed by atoms with Crippen molar-refractivity contribution in [1.29, 1.82) is 0 Å². The van der Waals surface area contributed by atoms with Crippen LogP contribution in [-0.4, -0.2) is 158 Å². The molecule has 0 aromatic heterocycles. The van der Waals surface area contributed by atoms with E-state index in [2.05, 4.69) is 19.4 Å². The molecule has 0 amide bonds. The summed E-state index contributed by atoms with van der Waals surface area (Å²) in [5, 5.41) is 38.3. The average Bonchev–Trinajstić information content (AvgIpc) is 3.36. The molecule has 0 aliphatic heterocycles. The highest BCUT2D eigenvalue weighted by Crippen LogP contribution is 2.20. The lowest BCUT2D eigenvalue weighted by molar-refractivity contribution is -0.148. The van der Waals surface area contributed by atoms with Gasteiger partial charge in [0.1, 0.15) is 23.6 Å². The van der Waals surface area contributed by atoms with Crippen molar-refractivity contribution in [1.82, 2.24) is 18.1 Å². The molecule has 0 fully saturated rings. The Morgan fingerprint density at radius 1 is 0.481 bits per heavy atom. The van der Waals surface area contributed by atoms with Gasteiger partial charge in [-0.25, -0.2) is 19.6 Å². The highest BCUT2D eigenvalue weighted by atomic mass is 32.2. The van der Waals surface area contributed by atoms with Crippen LogP contribution in [0.5, 0.6) is 11.5 Å². The van der Waals surface area contributed by atoms with Crippen molar-refractivity contribution in [2.45, 2.75) is 38.0 Å². The maximum absolute atomic E-state index is 13.4. The molecule has 4 aromatic rings. The van der Waals surface area contributed by atoms with Crippen LogP contribution in [0.25, 0.3) is 0 Å². The van der Waals surface area contributed by atoms with Crippen LogP contribution in [0.15, 0.2) is 107 Å². The molecule has 4 aromatic carbocycles. The number of rotatable bonds is 34. The number of nitrogens with two attached hydrogens (primary N) is 4. The van der Waals surface area contributed by atoms with Gasteiger partial charge in [0.15, 0.2) is 11.9 Å². The number of nitrogens with one attached hydrogen (secondary N) is 2. The van der Waals surface area contributed by atoms with E-state index in [1.807, 2.05) is 0 Å². The molecule has 31 heteroatoms. The molecule has 0 heterocycles. The Labute approximate surface area is 440 Å². The van der Waals surface area contributed by atoms with E-state index in [0.29, 0.717) is 31.1 Å². The molecule has 29 nitrogen and oxygen atoms in total. The van der Waals surface area contributed by atoms with E-state index in [-0.39, 0.29) is 74.1 Å². The lowest BCUT2D eigenvalue weighted by atomic mass is 10.2. The molecule has 0 bridgehead atoms. The van der Waals surface area contributed by atoms with Crippen molar-refractivity contribution in [3.8, 4) is 11.5 Å². The Bertz CT molecular complexity index is 2740. The monoisotopic (exact) mass is 1120 g/mol. The highest BCUT2D eigenvalue weighted by Gasteiger charge is 2.37. The summed E-state index contributed by atoms with van der Waals surface area (Å²) in [5.74, 6) is -8.21. The summed E-state index contributed by atoms with van der Waals surface area (Å²) in [7, 11) is -9.37. The van der Waals surface area contributed by atoms with Crippen molar-refractivity contribution in [3.05, 3.63) is 119 Å². The number of hydrogen-bond acceptors (Lipinski definition) is 17. The van der Waals surface area contributed by atoms with Gasteiger partial charge >= 0.3 is 35.8 Å². The third-order valence-corrected chi connectivity index (χ3v) is 13.3. The Hall–Kier alpha value is -8.14. The predicted octanol–water partition coefficient (Wildman–Crippen LogP) is -0.187. The molecule has 14 N–H and O–H groups in total. The summed E-state index contributed by atoms with van der Waals surface area (Å²) in [6, 6.07) is 19.0. The Kier molecular flexibility index (Phi) is 23.8. The first kappa shape index (κ1) is 61.4. The van der Waals surface area contributed by atoms with Crippen LogP contribution in [0.1, 0.15) is 44.7 Å². The minimum absolute atomic E-state index is 0.112. The SMILES string of the molecule is NC(N)=Nc1ccc(C(=O)Oc2ccc(CNS(=O)(=O)N(CCOCCOCCOCCN([C@@H](CC(=O)O)C(=O)O)S(=O)(=O)NCc3ccc(OC(=O)c4ccc(N=C(N)N)cc4)cc3)[C@@H](CC(=O)O)C(=O)O)cc2)cc1. The minimum Gasteiger partial charge on any atom is -0.481 e. The second-order valence-corrected chi connectivity index (χ2v) is 19.3. The number of hydrogen-bond donors (Lipinski definition) is 10. The summed E-state index contributed by atoms with van der Waals surface area (Å²) in [6.07, 6.45) is -2.18. The first-order valence-corrected chi connectivity index (χ1v) is 25.5. The second kappa shape index (κ2) is 29.8. The van der Waals surface area contributed by atoms with E-state index in [1.54, 1.807) is 0 Å². The summed E-state index contributed by atoms with van der Waals surface area (Å²) in [4.78, 5) is 80.2. The zero-order valence-electron chi connectivity index (χ0n) is 40.7. The number of aliphatic imine (C=N–C) groups is 2. The van der Waals surface area contributed by atoms with Crippen LogP contribution in [-0.2, 0) is 66.9 Å². The number of nitrogens with zero attached hydrogens (tertiary/aromatic N) is 4. The molecular weight excluding hydrogens is 1060 g/mol. The van der Waals surface area contributed by atoms with Crippen LogP contribution >= 0.6 is 0 Å². The fourth-order valence-corrected chi connectivity index (χ4v) is 9.19. The van der Waals surface area contributed by atoms with E-state index < -0.39 is 107 Å². The first-order chi connectivity index (χ1) is 36.4. The lowest BCUT2D eigenvalue weighted by Gasteiger charge is -2.27. The van der Waals surface area contributed by atoms with Crippen LogP contribution in [0.4, 0.5) is 11.4 Å². The fourth-order valence-electron chi connectivity index (χ4n) is 6.53. The first-order valence-electron chi connectivity index (χ1n) is 22.6. The smallest absolute Gasteiger partial charge is 0.343 e. The summed E-state index contributed by atoms with van der Waals surface area (Å²) >= 11 is 0. The van der Waals surface area contributed by atoms with Gasteiger partial charge in [0, 0.05) is 26.2 Å². The molecule has 0 aliphatic rings. The minimum atomic E-state index is -4.69. The van der Waals surface area contributed by atoms with Gasteiger partial charge in [0.25, 0.3) is 20.4 Å². The van der Waals surface area contributed by atoms with Crippen LogP contribution in [0.2, 0.25) is 0 Å². The average molecular weight is 1120 g/mol. The number of ether oxygens (including phenoxy) is 5. The summed E-state index contributed by atoms with van der Waals surface area (Å²) < 4.78 is 86.0. The maximum atomic E-state index is 13.4. The van der Waals surface area contributed by atoms with Crippen molar-refractivity contribution >= 4 is 79.5 Å². The number of carbonyl (C=O) groups is 6. The van der Waals surface area contributed by atoms with Gasteiger partial charge in [0.05, 0.1) is 75.0 Å². The number of esters is 2. The normalized spacial score (nSPS) is 12.3. The molecule has 0 unspecified atom stereocenters. The Balaban J connectivity index is 1.23. The topological polar surface area (TPSA) is 457 Å². The number of carbonyl (C=O) groups excluding carboxylic acids is 2. The van der Waals surface area contributed by atoms with Gasteiger partial charge in [-0.3, -0.25) is 19.2 Å². The molecule has 0 radical (unpaired) electrons. The van der Waals surface area contributed by atoms with Gasteiger partial charge in [-0.2, -0.15) is 34.9 Å².